The van der Waals surface area contributed by atoms with Gasteiger partial charge in [0.1, 0.15) is 0 Å². The van der Waals surface area contributed by atoms with Crippen molar-refractivity contribution < 1.29 is 17.7 Å². The second kappa shape index (κ2) is 15.4. The van der Waals surface area contributed by atoms with E-state index < -0.39 is 10.0 Å². The first-order chi connectivity index (χ1) is 16.8. The van der Waals surface area contributed by atoms with Crippen LogP contribution in [0.5, 0.6) is 0 Å². The van der Waals surface area contributed by atoms with Gasteiger partial charge in [-0.3, -0.25) is 0 Å². The highest BCUT2D eigenvalue weighted by Crippen LogP contribution is 2.20. The van der Waals surface area contributed by atoms with Crippen LogP contribution in [-0.4, -0.2) is 30.6 Å². The minimum absolute atomic E-state index is 0.0217. The lowest BCUT2D eigenvalue weighted by atomic mass is 10.0. The standard InChI is InChI=1S/C24H40N6O4S/c1-3-5-7-9-10-12-16-20(15-11-8-6-4-2)26-23(31)28-29-24-27-22(30-34-24)19-14-13-17-21(18-19)35(25,32)33/h13-14,17-18,20H,3-12,15-16H2,1-2H3,(H2,25,32,33)(H2,26,28,31)(H,27,29,30). The van der Waals surface area contributed by atoms with E-state index in [1.54, 1.807) is 6.07 Å². The summed E-state index contributed by atoms with van der Waals surface area (Å²) in [6.07, 6.45) is 13.9. The number of sulfonamides is 1. The van der Waals surface area contributed by atoms with Gasteiger partial charge in [0.15, 0.2) is 0 Å². The van der Waals surface area contributed by atoms with E-state index in [1.807, 2.05) is 0 Å². The van der Waals surface area contributed by atoms with Crippen molar-refractivity contribution in [2.45, 2.75) is 102 Å². The predicted octanol–water partition coefficient (Wildman–Crippen LogP) is 5.10. The second-order valence-electron chi connectivity index (χ2n) is 8.82. The summed E-state index contributed by atoms with van der Waals surface area (Å²) in [5.74, 6) is 0.164. The molecule has 5 N–H and O–H groups in total. The van der Waals surface area contributed by atoms with Crippen LogP contribution in [0.25, 0.3) is 11.4 Å². The number of rotatable bonds is 17. The summed E-state index contributed by atoms with van der Waals surface area (Å²) in [7, 11) is -3.85. The average molecular weight is 509 g/mol. The van der Waals surface area contributed by atoms with Crippen LogP contribution in [0.2, 0.25) is 0 Å². The molecule has 2 rings (SSSR count). The molecule has 0 aliphatic heterocycles. The smallest absolute Gasteiger partial charge is 0.334 e. The first-order valence-corrected chi connectivity index (χ1v) is 14.2. The van der Waals surface area contributed by atoms with Crippen molar-refractivity contribution in [1.29, 1.82) is 0 Å². The van der Waals surface area contributed by atoms with Gasteiger partial charge in [0.25, 0.3) is 0 Å². The molecule has 0 aliphatic rings. The van der Waals surface area contributed by atoms with E-state index in [4.69, 9.17) is 9.66 Å². The number of nitrogens with zero attached hydrogens (tertiary/aromatic N) is 2. The van der Waals surface area contributed by atoms with Crippen molar-refractivity contribution in [2.24, 2.45) is 5.14 Å². The maximum Gasteiger partial charge on any atom is 0.340 e. The molecule has 0 spiro atoms. The molecule has 11 heteroatoms. The number of aromatic nitrogens is 2. The average Bonchev–Trinajstić information content (AvgIpc) is 3.31. The van der Waals surface area contributed by atoms with Gasteiger partial charge in [0.05, 0.1) is 4.90 Å². The van der Waals surface area contributed by atoms with Crippen LogP contribution in [-0.2, 0) is 10.0 Å². The maximum atomic E-state index is 12.5. The molecule has 0 bridgehead atoms. The summed E-state index contributed by atoms with van der Waals surface area (Å²) in [4.78, 5) is 16.6. The molecule has 0 aliphatic carbocycles. The van der Waals surface area contributed by atoms with Gasteiger partial charge in [-0.15, -0.1) is 0 Å². The molecule has 196 valence electrons. The molecular formula is C24H40N6O4S. The van der Waals surface area contributed by atoms with Crippen LogP contribution < -0.4 is 21.3 Å². The number of hydrazine groups is 1. The van der Waals surface area contributed by atoms with E-state index >= 15 is 0 Å². The van der Waals surface area contributed by atoms with Gasteiger partial charge < -0.3 is 9.84 Å². The quantitative estimate of drug-likeness (QED) is 0.171. The Balaban J connectivity index is 1.85. The Bertz CT molecular complexity index is 995. The van der Waals surface area contributed by atoms with Crippen LogP contribution >= 0.6 is 0 Å². The molecule has 2 aromatic rings. The third kappa shape index (κ3) is 11.1. The van der Waals surface area contributed by atoms with Crippen molar-refractivity contribution in [3.8, 4) is 11.4 Å². The molecule has 1 heterocycles. The number of unbranched alkanes of at least 4 members (excludes halogenated alkanes) is 8. The third-order valence-corrected chi connectivity index (χ3v) is 6.69. The molecule has 1 unspecified atom stereocenters. The fourth-order valence-electron chi connectivity index (χ4n) is 3.81. The fourth-order valence-corrected chi connectivity index (χ4v) is 4.37. The number of anilines is 1. The van der Waals surface area contributed by atoms with Crippen LogP contribution in [0.4, 0.5) is 10.8 Å². The Morgan fingerprint density at radius 2 is 1.63 bits per heavy atom. The Morgan fingerprint density at radius 3 is 2.29 bits per heavy atom. The van der Waals surface area contributed by atoms with Crippen molar-refractivity contribution in [1.82, 2.24) is 20.9 Å². The van der Waals surface area contributed by atoms with E-state index in [1.165, 1.54) is 69.6 Å². The van der Waals surface area contributed by atoms with Gasteiger partial charge in [-0.25, -0.2) is 29.2 Å². The fraction of sp³-hybridized carbons (Fsp3) is 0.625. The highest BCUT2D eigenvalue weighted by Gasteiger charge is 2.15. The zero-order chi connectivity index (χ0) is 25.5. The molecule has 0 saturated carbocycles. The molecule has 0 fully saturated rings. The summed E-state index contributed by atoms with van der Waals surface area (Å²) in [6.45, 7) is 4.40. The minimum Gasteiger partial charge on any atom is -0.334 e. The first kappa shape index (κ1) is 28.6. The number of benzene rings is 1. The second-order valence-corrected chi connectivity index (χ2v) is 10.4. The molecule has 0 saturated heterocycles. The van der Waals surface area contributed by atoms with E-state index in [-0.39, 0.29) is 28.8 Å². The SMILES string of the molecule is CCCCCCCCC(CCCCCC)NC(=O)NNc1nc(-c2cccc(S(N)(=O)=O)c2)no1. The number of nitrogens with one attached hydrogen (secondary N) is 3. The zero-order valence-electron chi connectivity index (χ0n) is 20.9. The summed E-state index contributed by atoms with van der Waals surface area (Å²) >= 11 is 0. The Labute approximate surface area is 208 Å². The van der Waals surface area contributed by atoms with Gasteiger partial charge in [-0.1, -0.05) is 95.3 Å². The normalized spacial score (nSPS) is 12.3. The highest BCUT2D eigenvalue weighted by molar-refractivity contribution is 7.89. The lowest BCUT2D eigenvalue weighted by Crippen LogP contribution is -2.44. The van der Waals surface area contributed by atoms with Crippen molar-refractivity contribution in [3.63, 3.8) is 0 Å². The minimum atomic E-state index is -3.85. The molecule has 1 aromatic carbocycles. The van der Waals surface area contributed by atoms with Gasteiger partial charge in [-0.2, -0.15) is 4.98 Å². The van der Waals surface area contributed by atoms with Crippen LogP contribution in [0.1, 0.15) is 90.9 Å². The van der Waals surface area contributed by atoms with Gasteiger partial charge in [0, 0.05) is 11.6 Å². The number of hydrogen-bond donors (Lipinski definition) is 4. The topological polar surface area (TPSA) is 152 Å². The molecule has 0 radical (unpaired) electrons. The first-order valence-electron chi connectivity index (χ1n) is 12.6. The van der Waals surface area contributed by atoms with E-state index in [2.05, 4.69) is 40.2 Å². The van der Waals surface area contributed by atoms with Crippen molar-refractivity contribution in [3.05, 3.63) is 24.3 Å². The van der Waals surface area contributed by atoms with Gasteiger partial charge >= 0.3 is 12.0 Å². The Kier molecular flexibility index (Phi) is 12.5. The van der Waals surface area contributed by atoms with E-state index in [9.17, 15) is 13.2 Å². The Morgan fingerprint density at radius 1 is 1.00 bits per heavy atom. The lowest BCUT2D eigenvalue weighted by Gasteiger charge is -2.19. The molecule has 1 aromatic heterocycles. The molecule has 1 atom stereocenters. The number of amides is 2. The molecule has 10 nitrogen and oxygen atoms in total. The zero-order valence-corrected chi connectivity index (χ0v) is 21.7. The summed E-state index contributed by atoms with van der Waals surface area (Å²) in [5, 5.41) is 12.0. The number of primary sulfonamides is 1. The van der Waals surface area contributed by atoms with Crippen LogP contribution in [0, 0.1) is 0 Å². The number of nitrogens with two attached hydrogens (primary N) is 1. The van der Waals surface area contributed by atoms with E-state index in [0.717, 1.165) is 25.7 Å². The monoisotopic (exact) mass is 508 g/mol. The largest absolute Gasteiger partial charge is 0.340 e. The molecule has 35 heavy (non-hydrogen) atoms. The number of carbonyl (C=O) groups excluding carboxylic acids is 1. The summed E-state index contributed by atoms with van der Waals surface area (Å²) < 4.78 is 28.2. The van der Waals surface area contributed by atoms with Crippen LogP contribution in [0.15, 0.2) is 33.7 Å². The van der Waals surface area contributed by atoms with Crippen molar-refractivity contribution in [2.75, 3.05) is 5.43 Å². The summed E-state index contributed by atoms with van der Waals surface area (Å²) in [6, 6.07) is 5.63. The third-order valence-electron chi connectivity index (χ3n) is 5.78. The number of carbonyl (C=O) groups is 1. The maximum absolute atomic E-state index is 12.5. The van der Waals surface area contributed by atoms with Gasteiger partial charge in [-0.05, 0) is 25.0 Å². The number of urea groups is 1. The predicted molar refractivity (Wildman–Crippen MR) is 137 cm³/mol. The van der Waals surface area contributed by atoms with Gasteiger partial charge in [0.2, 0.25) is 15.8 Å². The van der Waals surface area contributed by atoms with Crippen LogP contribution in [0.3, 0.4) is 0 Å². The number of hydrogen-bond acceptors (Lipinski definition) is 7. The van der Waals surface area contributed by atoms with Crippen molar-refractivity contribution >= 4 is 22.1 Å². The molecule has 2 amide bonds. The lowest BCUT2D eigenvalue weighted by molar-refractivity contribution is 0.236. The Hall–Kier alpha value is -2.66. The molecular weight excluding hydrogens is 468 g/mol. The highest BCUT2D eigenvalue weighted by atomic mass is 32.2. The summed E-state index contributed by atoms with van der Waals surface area (Å²) in [5.41, 5.74) is 5.56. The van der Waals surface area contributed by atoms with E-state index in [0.29, 0.717) is 5.56 Å².